The van der Waals surface area contributed by atoms with Gasteiger partial charge in [-0.2, -0.15) is 0 Å². The van der Waals surface area contributed by atoms with Gasteiger partial charge in [0.15, 0.2) is 5.78 Å². The summed E-state index contributed by atoms with van der Waals surface area (Å²) in [6, 6.07) is 7.59. The quantitative estimate of drug-likeness (QED) is 0.623. The molecule has 2 unspecified atom stereocenters. The zero-order valence-electron chi connectivity index (χ0n) is 11.3. The van der Waals surface area contributed by atoms with Crippen LogP contribution in [0.25, 0.3) is 0 Å². The number of Topliss-reactive ketones (excluding diaryl/α,β-unsaturated/α-hetero) is 1. The van der Waals surface area contributed by atoms with Crippen molar-refractivity contribution in [2.75, 3.05) is 0 Å². The first-order valence-corrected chi connectivity index (χ1v) is 6.28. The summed E-state index contributed by atoms with van der Waals surface area (Å²) in [4.78, 5) is 34.1. The first-order valence-electron chi connectivity index (χ1n) is 6.28. The Morgan fingerprint density at radius 3 is 2.30 bits per heavy atom. The van der Waals surface area contributed by atoms with Gasteiger partial charge in [-0.05, 0) is 18.9 Å². The summed E-state index contributed by atoms with van der Waals surface area (Å²) in [5.41, 5.74) is 11.7. The third kappa shape index (κ3) is 5.19. The Labute approximate surface area is 117 Å². The normalized spacial score (nSPS) is 13.3. The molecule has 0 saturated heterocycles. The molecule has 6 nitrogen and oxygen atoms in total. The van der Waals surface area contributed by atoms with Gasteiger partial charge in [0.2, 0.25) is 11.8 Å². The molecule has 0 aromatic heterocycles. The molecule has 2 amide bonds. The molecule has 0 aliphatic carbocycles. The van der Waals surface area contributed by atoms with Crippen molar-refractivity contribution >= 4 is 17.6 Å². The number of carbonyl (C=O) groups is 3. The maximum atomic E-state index is 11.9. The van der Waals surface area contributed by atoms with E-state index in [1.54, 1.807) is 0 Å². The predicted octanol–water partition coefficient (Wildman–Crippen LogP) is -0.494. The Bertz CT molecular complexity index is 488. The van der Waals surface area contributed by atoms with Gasteiger partial charge in [-0.15, -0.1) is 0 Å². The summed E-state index contributed by atoms with van der Waals surface area (Å²) in [7, 11) is 0. The first-order chi connectivity index (χ1) is 9.40. The Balaban J connectivity index is 2.59. The van der Waals surface area contributed by atoms with Crippen LogP contribution in [0.5, 0.6) is 0 Å². The van der Waals surface area contributed by atoms with Crippen LogP contribution in [0, 0.1) is 0 Å². The molecule has 0 radical (unpaired) electrons. The highest BCUT2D eigenvalue weighted by Gasteiger charge is 2.22. The van der Waals surface area contributed by atoms with Crippen LogP contribution < -0.4 is 16.8 Å². The van der Waals surface area contributed by atoms with Gasteiger partial charge < -0.3 is 16.8 Å². The summed E-state index contributed by atoms with van der Waals surface area (Å²) < 4.78 is 0. The maximum absolute atomic E-state index is 11.9. The summed E-state index contributed by atoms with van der Waals surface area (Å²) in [5, 5.41) is 2.45. The fraction of sp³-hybridized carbons (Fsp3) is 0.357. The Kier molecular flexibility index (Phi) is 5.86. The van der Waals surface area contributed by atoms with Crippen molar-refractivity contribution in [1.29, 1.82) is 0 Å². The lowest BCUT2D eigenvalue weighted by Crippen LogP contribution is -2.49. The summed E-state index contributed by atoms with van der Waals surface area (Å²) in [6.07, 6.45) is 0.132. The van der Waals surface area contributed by atoms with Crippen molar-refractivity contribution in [2.24, 2.45) is 11.5 Å². The minimum atomic E-state index is -0.915. The summed E-state index contributed by atoms with van der Waals surface area (Å²) >= 11 is 0. The largest absolute Gasteiger partial charge is 0.370 e. The van der Waals surface area contributed by atoms with Crippen LogP contribution in [-0.4, -0.2) is 29.7 Å². The van der Waals surface area contributed by atoms with E-state index in [2.05, 4.69) is 5.32 Å². The molecule has 0 aliphatic rings. The van der Waals surface area contributed by atoms with E-state index in [0.29, 0.717) is 6.42 Å². The number of amides is 2. The van der Waals surface area contributed by atoms with Crippen molar-refractivity contribution in [3.8, 4) is 0 Å². The molecule has 1 aromatic carbocycles. The fourth-order valence-corrected chi connectivity index (χ4v) is 1.74. The van der Waals surface area contributed by atoms with E-state index >= 15 is 0 Å². The number of ketones is 1. The zero-order chi connectivity index (χ0) is 15.1. The number of nitrogens with one attached hydrogen (secondary N) is 1. The Morgan fingerprint density at radius 1 is 1.20 bits per heavy atom. The SMILES string of the molecule is CC(=O)C(CC(N)=O)NC(=O)C(N)Cc1ccccc1. The molecule has 20 heavy (non-hydrogen) atoms. The molecule has 0 spiro atoms. The third-order valence-corrected chi connectivity index (χ3v) is 2.85. The highest BCUT2D eigenvalue weighted by Crippen LogP contribution is 2.03. The minimum Gasteiger partial charge on any atom is -0.370 e. The standard InChI is InChI=1S/C14H19N3O3/c1-9(18)12(8-13(16)19)17-14(20)11(15)7-10-5-3-2-4-6-10/h2-6,11-12H,7-8,15H2,1H3,(H2,16,19)(H,17,20). The van der Waals surface area contributed by atoms with Crippen molar-refractivity contribution in [2.45, 2.75) is 31.8 Å². The first kappa shape index (κ1) is 15.8. The third-order valence-electron chi connectivity index (χ3n) is 2.85. The number of primary amides is 1. The van der Waals surface area contributed by atoms with Crippen LogP contribution in [0.1, 0.15) is 18.9 Å². The minimum absolute atomic E-state index is 0.223. The number of nitrogens with two attached hydrogens (primary N) is 2. The molecular formula is C14H19N3O3. The van der Waals surface area contributed by atoms with Crippen molar-refractivity contribution < 1.29 is 14.4 Å². The summed E-state index contributed by atoms with van der Waals surface area (Å²) in [6.45, 7) is 1.29. The number of hydrogen-bond acceptors (Lipinski definition) is 4. The molecular weight excluding hydrogens is 258 g/mol. The molecule has 0 heterocycles. The van der Waals surface area contributed by atoms with Crippen LogP contribution in [0.3, 0.4) is 0 Å². The number of rotatable bonds is 7. The molecule has 0 fully saturated rings. The van der Waals surface area contributed by atoms with Gasteiger partial charge >= 0.3 is 0 Å². The van der Waals surface area contributed by atoms with E-state index in [1.165, 1.54) is 6.92 Å². The van der Waals surface area contributed by atoms with Crippen molar-refractivity contribution in [3.63, 3.8) is 0 Å². The second-order valence-electron chi connectivity index (χ2n) is 4.64. The molecule has 1 aromatic rings. The molecule has 108 valence electrons. The second-order valence-corrected chi connectivity index (χ2v) is 4.64. The van der Waals surface area contributed by atoms with Crippen molar-refractivity contribution in [3.05, 3.63) is 35.9 Å². The van der Waals surface area contributed by atoms with Gasteiger partial charge in [0.05, 0.1) is 18.5 Å². The van der Waals surface area contributed by atoms with E-state index in [4.69, 9.17) is 11.5 Å². The average Bonchev–Trinajstić information content (AvgIpc) is 2.38. The molecule has 0 aliphatic heterocycles. The van der Waals surface area contributed by atoms with Gasteiger partial charge in [0.25, 0.3) is 0 Å². The fourth-order valence-electron chi connectivity index (χ4n) is 1.74. The second kappa shape index (κ2) is 7.40. The lowest BCUT2D eigenvalue weighted by molar-refractivity contribution is -0.129. The van der Waals surface area contributed by atoms with E-state index in [-0.39, 0.29) is 12.2 Å². The molecule has 1 rings (SSSR count). The zero-order valence-corrected chi connectivity index (χ0v) is 11.3. The highest BCUT2D eigenvalue weighted by atomic mass is 16.2. The maximum Gasteiger partial charge on any atom is 0.237 e. The number of benzene rings is 1. The molecule has 0 saturated carbocycles. The van der Waals surface area contributed by atoms with E-state index in [0.717, 1.165) is 5.56 Å². The monoisotopic (exact) mass is 277 g/mol. The van der Waals surface area contributed by atoms with Gasteiger partial charge in [0, 0.05) is 0 Å². The van der Waals surface area contributed by atoms with Crippen LogP contribution in [-0.2, 0) is 20.8 Å². The topological polar surface area (TPSA) is 115 Å². The van der Waals surface area contributed by atoms with Crippen LogP contribution in [0.4, 0.5) is 0 Å². The Morgan fingerprint density at radius 2 is 1.80 bits per heavy atom. The number of carbonyl (C=O) groups excluding carboxylic acids is 3. The lowest BCUT2D eigenvalue weighted by atomic mass is 10.0. The number of hydrogen-bond donors (Lipinski definition) is 3. The summed E-state index contributed by atoms with van der Waals surface area (Å²) in [5.74, 6) is -1.46. The van der Waals surface area contributed by atoms with Gasteiger partial charge in [0.1, 0.15) is 0 Å². The van der Waals surface area contributed by atoms with E-state index in [9.17, 15) is 14.4 Å². The molecule has 6 heteroatoms. The van der Waals surface area contributed by atoms with E-state index < -0.39 is 23.9 Å². The Hall–Kier alpha value is -2.21. The smallest absolute Gasteiger partial charge is 0.237 e. The molecule has 2 atom stereocenters. The van der Waals surface area contributed by atoms with Gasteiger partial charge in [-0.1, -0.05) is 30.3 Å². The van der Waals surface area contributed by atoms with Crippen LogP contribution >= 0.6 is 0 Å². The molecule has 5 N–H and O–H groups in total. The molecule has 0 bridgehead atoms. The average molecular weight is 277 g/mol. The van der Waals surface area contributed by atoms with Crippen LogP contribution in [0.2, 0.25) is 0 Å². The van der Waals surface area contributed by atoms with Crippen LogP contribution in [0.15, 0.2) is 30.3 Å². The van der Waals surface area contributed by atoms with Gasteiger partial charge in [-0.3, -0.25) is 14.4 Å². The lowest BCUT2D eigenvalue weighted by Gasteiger charge is -2.17. The van der Waals surface area contributed by atoms with Gasteiger partial charge in [-0.25, -0.2) is 0 Å². The van der Waals surface area contributed by atoms with E-state index in [1.807, 2.05) is 30.3 Å². The highest BCUT2D eigenvalue weighted by molar-refractivity contribution is 5.92. The van der Waals surface area contributed by atoms with Crippen molar-refractivity contribution in [1.82, 2.24) is 5.32 Å². The predicted molar refractivity (Wildman–Crippen MR) is 74.5 cm³/mol.